The fraction of sp³-hybridized carbons (Fsp3) is 0.448. The van der Waals surface area contributed by atoms with Crippen molar-refractivity contribution in [1.29, 1.82) is 0 Å². The largest absolute Gasteiger partial charge is 0.507 e. The van der Waals surface area contributed by atoms with E-state index < -0.39 is 0 Å². The lowest BCUT2D eigenvalue weighted by atomic mass is 9.78. The van der Waals surface area contributed by atoms with Gasteiger partial charge in [0, 0.05) is 17.2 Å². The van der Waals surface area contributed by atoms with Crippen LogP contribution in [0.5, 0.6) is 5.75 Å². The van der Waals surface area contributed by atoms with Gasteiger partial charge in [0.2, 0.25) is 0 Å². The predicted octanol–water partition coefficient (Wildman–Crippen LogP) is 7.70. The second-order valence-corrected chi connectivity index (χ2v) is 12.2. The first-order chi connectivity index (χ1) is 15.7. The molecular weight excluding hydrogens is 440 g/mol. The van der Waals surface area contributed by atoms with Gasteiger partial charge in [0.1, 0.15) is 5.75 Å². The van der Waals surface area contributed by atoms with Crippen molar-refractivity contribution in [1.82, 2.24) is 4.90 Å². The number of nitrogens with zero attached hydrogens (tertiary/aromatic N) is 2. The monoisotopic (exact) mass is 478 g/mol. The van der Waals surface area contributed by atoms with Gasteiger partial charge in [-0.05, 0) is 78.8 Å². The Bertz CT molecular complexity index is 1100. The maximum absolute atomic E-state index is 13.5. The normalized spacial score (nSPS) is 18.3. The molecule has 0 spiro atoms. The van der Waals surface area contributed by atoms with Crippen molar-refractivity contribution in [2.45, 2.75) is 85.6 Å². The molecule has 1 fully saturated rings. The molecule has 1 amide bonds. The summed E-state index contributed by atoms with van der Waals surface area (Å²) in [5.41, 5.74) is 4.24. The van der Waals surface area contributed by atoms with Gasteiger partial charge in [-0.1, -0.05) is 66.2 Å². The molecule has 0 radical (unpaired) electrons. The van der Waals surface area contributed by atoms with E-state index in [1.807, 2.05) is 54.3 Å². The average molecular weight is 479 g/mol. The van der Waals surface area contributed by atoms with Crippen LogP contribution in [0.3, 0.4) is 0 Å². The molecular formula is C29H38N2O2S. The minimum Gasteiger partial charge on any atom is -0.507 e. The van der Waals surface area contributed by atoms with Crippen LogP contribution in [0.15, 0.2) is 46.3 Å². The van der Waals surface area contributed by atoms with Crippen LogP contribution < -0.4 is 0 Å². The number of phenols is 1. The topological polar surface area (TPSA) is 52.9 Å². The third-order valence-electron chi connectivity index (χ3n) is 6.17. The molecule has 0 aliphatic carbocycles. The first-order valence-corrected chi connectivity index (χ1v) is 12.8. The van der Waals surface area contributed by atoms with Gasteiger partial charge in [-0.2, -0.15) is 0 Å². The van der Waals surface area contributed by atoms with Gasteiger partial charge in [-0.15, -0.1) is 0 Å². The predicted molar refractivity (Wildman–Crippen MR) is 146 cm³/mol. The first-order valence-electron chi connectivity index (χ1n) is 12.0. The molecule has 4 nitrogen and oxygen atoms in total. The highest BCUT2D eigenvalue weighted by Crippen LogP contribution is 2.42. The molecule has 2 aromatic carbocycles. The molecule has 34 heavy (non-hydrogen) atoms. The summed E-state index contributed by atoms with van der Waals surface area (Å²) in [6, 6.07) is 12.1. The molecule has 1 saturated heterocycles. The smallest absolute Gasteiger partial charge is 0.266 e. The number of carbonyl (C=O) groups is 1. The number of carbonyl (C=O) groups excluding carboxylic acids is 1. The number of rotatable bonds is 4. The van der Waals surface area contributed by atoms with Gasteiger partial charge in [0.15, 0.2) is 5.17 Å². The molecule has 0 unspecified atom stereocenters. The highest BCUT2D eigenvalue weighted by molar-refractivity contribution is 8.18. The van der Waals surface area contributed by atoms with E-state index in [0.29, 0.717) is 15.8 Å². The molecule has 5 heteroatoms. The van der Waals surface area contributed by atoms with Crippen molar-refractivity contribution in [3.05, 3.63) is 63.6 Å². The fourth-order valence-corrected chi connectivity index (χ4v) is 4.99. The zero-order valence-electron chi connectivity index (χ0n) is 22.0. The molecule has 0 bridgehead atoms. The average Bonchev–Trinajstić information content (AvgIpc) is 3.03. The lowest BCUT2D eigenvalue weighted by Crippen LogP contribution is -2.36. The van der Waals surface area contributed by atoms with Crippen LogP contribution in [0.25, 0.3) is 6.08 Å². The minimum absolute atomic E-state index is 0.0205. The van der Waals surface area contributed by atoms with Crippen LogP contribution in [0, 0.1) is 6.92 Å². The van der Waals surface area contributed by atoms with Gasteiger partial charge in [0.05, 0.1) is 10.6 Å². The molecule has 1 heterocycles. The highest BCUT2D eigenvalue weighted by atomic mass is 32.2. The second kappa shape index (κ2) is 9.61. The Kier molecular flexibility index (Phi) is 7.37. The summed E-state index contributed by atoms with van der Waals surface area (Å²) >= 11 is 1.42. The zero-order chi connectivity index (χ0) is 25.4. The molecule has 1 aliphatic heterocycles. The number of hydrogen-bond acceptors (Lipinski definition) is 4. The minimum atomic E-state index is -0.230. The standard InChI is InChI=1S/C29H38N2O2S/c1-10-19(3)31-26(33)24(34-27(31)30-21-13-11-18(2)12-14-21)17-20-15-22(28(4,5)6)25(32)23(16-20)29(7,8)9/h11-17,19,32H,10H2,1-9H3/b24-17+,30-27?/t19-/m1/s1. The van der Waals surface area contributed by atoms with E-state index in [1.165, 1.54) is 17.3 Å². The number of aliphatic imine (C=N–C) groups is 1. The molecule has 0 aromatic heterocycles. The van der Waals surface area contributed by atoms with Crippen molar-refractivity contribution in [3.63, 3.8) is 0 Å². The molecule has 3 rings (SSSR count). The van der Waals surface area contributed by atoms with Crippen LogP contribution in [-0.4, -0.2) is 27.1 Å². The summed E-state index contributed by atoms with van der Waals surface area (Å²) in [5.74, 6) is 0.323. The van der Waals surface area contributed by atoms with Gasteiger partial charge >= 0.3 is 0 Å². The first kappa shape index (κ1) is 26.1. The maximum Gasteiger partial charge on any atom is 0.266 e. The lowest BCUT2D eigenvalue weighted by Gasteiger charge is -2.28. The van der Waals surface area contributed by atoms with E-state index >= 15 is 0 Å². The van der Waals surface area contributed by atoms with Crippen molar-refractivity contribution in [3.8, 4) is 5.75 Å². The van der Waals surface area contributed by atoms with Crippen LogP contribution in [0.1, 0.15) is 84.1 Å². The number of amides is 1. The molecule has 1 atom stereocenters. The second-order valence-electron chi connectivity index (χ2n) is 11.2. The Hall–Kier alpha value is -2.53. The SMILES string of the molecule is CC[C@@H](C)N1C(=O)/C(=C\c2cc(C(C)(C)C)c(O)c(C(C)(C)C)c2)SC1=Nc1ccc(C)cc1. The Labute approximate surface area is 209 Å². The van der Waals surface area contributed by atoms with E-state index in [4.69, 9.17) is 4.99 Å². The lowest BCUT2D eigenvalue weighted by molar-refractivity contribution is -0.123. The number of thioether (sulfide) groups is 1. The number of amidine groups is 1. The molecule has 1 aliphatic rings. The van der Waals surface area contributed by atoms with Gasteiger partial charge < -0.3 is 5.11 Å². The van der Waals surface area contributed by atoms with Crippen LogP contribution >= 0.6 is 11.8 Å². The highest BCUT2D eigenvalue weighted by Gasteiger charge is 2.36. The summed E-state index contributed by atoms with van der Waals surface area (Å²) in [7, 11) is 0. The Morgan fingerprint density at radius 3 is 2.03 bits per heavy atom. The molecule has 1 N–H and O–H groups in total. The van der Waals surface area contributed by atoms with E-state index in [2.05, 4.69) is 55.4 Å². The van der Waals surface area contributed by atoms with E-state index in [0.717, 1.165) is 28.8 Å². The molecule has 182 valence electrons. The summed E-state index contributed by atoms with van der Waals surface area (Å²) in [5, 5.41) is 11.8. The van der Waals surface area contributed by atoms with E-state index in [-0.39, 0.29) is 22.8 Å². The van der Waals surface area contributed by atoms with Crippen molar-refractivity contribution < 1.29 is 9.90 Å². The zero-order valence-corrected chi connectivity index (χ0v) is 22.8. The van der Waals surface area contributed by atoms with E-state index in [1.54, 1.807) is 0 Å². The van der Waals surface area contributed by atoms with Crippen molar-refractivity contribution in [2.24, 2.45) is 4.99 Å². The van der Waals surface area contributed by atoms with Crippen LogP contribution in [-0.2, 0) is 15.6 Å². The van der Waals surface area contributed by atoms with Crippen molar-refractivity contribution in [2.75, 3.05) is 0 Å². The fourth-order valence-electron chi connectivity index (χ4n) is 3.90. The third kappa shape index (κ3) is 5.57. The number of benzene rings is 2. The van der Waals surface area contributed by atoms with Gasteiger partial charge in [0.25, 0.3) is 5.91 Å². The molecule has 2 aromatic rings. The quantitative estimate of drug-likeness (QED) is 0.458. The van der Waals surface area contributed by atoms with Crippen molar-refractivity contribution >= 4 is 34.6 Å². The Morgan fingerprint density at radius 1 is 1.03 bits per heavy atom. The Balaban J connectivity index is 2.12. The number of aryl methyl sites for hydroxylation is 1. The van der Waals surface area contributed by atoms with Gasteiger partial charge in [-0.3, -0.25) is 9.69 Å². The van der Waals surface area contributed by atoms with E-state index in [9.17, 15) is 9.90 Å². The maximum atomic E-state index is 13.5. The number of phenolic OH excluding ortho intramolecular Hbond substituents is 1. The summed E-state index contributed by atoms with van der Waals surface area (Å²) in [6.45, 7) is 18.8. The summed E-state index contributed by atoms with van der Waals surface area (Å²) in [4.78, 5) is 20.8. The van der Waals surface area contributed by atoms with Gasteiger partial charge in [-0.25, -0.2) is 4.99 Å². The number of aromatic hydroxyl groups is 1. The number of hydrogen-bond donors (Lipinski definition) is 1. The summed E-state index contributed by atoms with van der Waals surface area (Å²) < 4.78 is 0. The Morgan fingerprint density at radius 2 is 1.56 bits per heavy atom. The summed E-state index contributed by atoms with van der Waals surface area (Å²) in [6.07, 6.45) is 2.79. The third-order valence-corrected chi connectivity index (χ3v) is 7.16. The van der Waals surface area contributed by atoms with Crippen LogP contribution in [0.4, 0.5) is 5.69 Å². The molecule has 0 saturated carbocycles. The van der Waals surface area contributed by atoms with Crippen LogP contribution in [0.2, 0.25) is 0 Å².